The summed E-state index contributed by atoms with van der Waals surface area (Å²) in [5.74, 6) is 0.736. The quantitative estimate of drug-likeness (QED) is 0.766. The van der Waals surface area contributed by atoms with Gasteiger partial charge in [-0.3, -0.25) is 4.79 Å². The van der Waals surface area contributed by atoms with Crippen LogP contribution in [-0.2, 0) is 4.74 Å². The number of methoxy groups -OCH3 is 1. The van der Waals surface area contributed by atoms with Crippen LogP contribution in [0, 0.1) is 12.8 Å². The Morgan fingerprint density at radius 3 is 2.77 bits per heavy atom. The zero-order valence-corrected chi connectivity index (χ0v) is 15.1. The Kier molecular flexibility index (Phi) is 5.64. The summed E-state index contributed by atoms with van der Waals surface area (Å²) >= 11 is 3.46. The van der Waals surface area contributed by atoms with Crippen molar-refractivity contribution in [3.63, 3.8) is 0 Å². The van der Waals surface area contributed by atoms with Crippen molar-refractivity contribution < 1.29 is 13.9 Å². The Bertz CT molecular complexity index is 663. The topological polar surface area (TPSA) is 42.7 Å². The van der Waals surface area contributed by atoms with Gasteiger partial charge in [0.05, 0.1) is 6.61 Å². The maximum Gasteiger partial charge on any atom is 0.289 e. The maximum absolute atomic E-state index is 12.8. The molecule has 2 aromatic rings. The van der Waals surface area contributed by atoms with E-state index in [4.69, 9.17) is 9.15 Å². The number of benzene rings is 1. The van der Waals surface area contributed by atoms with E-state index < -0.39 is 0 Å². The van der Waals surface area contributed by atoms with Crippen molar-refractivity contribution in [1.82, 2.24) is 4.90 Å². The smallest absolute Gasteiger partial charge is 0.289 e. The second-order valence-electron chi connectivity index (χ2n) is 5.83. The number of fused-ring (bicyclic) bond motifs is 1. The van der Waals surface area contributed by atoms with Crippen molar-refractivity contribution in [1.29, 1.82) is 0 Å². The third kappa shape index (κ3) is 3.70. The minimum Gasteiger partial charge on any atom is -0.451 e. The first-order valence-electron chi connectivity index (χ1n) is 7.41. The predicted octanol–water partition coefficient (Wildman–Crippen LogP) is 4.25. The van der Waals surface area contributed by atoms with Gasteiger partial charge in [-0.25, -0.2) is 0 Å². The first kappa shape index (κ1) is 17.0. The van der Waals surface area contributed by atoms with Crippen LogP contribution in [0.25, 0.3) is 11.0 Å². The Balaban J connectivity index is 2.35. The SMILES string of the molecule is COCCN(CC(C)C)C(=O)c1oc2ccc(Br)cc2c1C. The molecule has 1 aromatic heterocycles. The van der Waals surface area contributed by atoms with E-state index >= 15 is 0 Å². The number of nitrogens with zero attached hydrogens (tertiary/aromatic N) is 1. The molecule has 1 amide bonds. The van der Waals surface area contributed by atoms with Crippen molar-refractivity contribution >= 4 is 32.8 Å². The Morgan fingerprint density at radius 2 is 2.14 bits per heavy atom. The molecule has 0 spiro atoms. The number of furan rings is 1. The minimum absolute atomic E-state index is 0.0735. The predicted molar refractivity (Wildman–Crippen MR) is 91.3 cm³/mol. The molecule has 5 heteroatoms. The normalized spacial score (nSPS) is 11.4. The molecule has 120 valence electrons. The summed E-state index contributed by atoms with van der Waals surface area (Å²) in [7, 11) is 1.64. The van der Waals surface area contributed by atoms with Crippen molar-refractivity contribution in [2.45, 2.75) is 20.8 Å². The maximum atomic E-state index is 12.8. The number of aryl methyl sites for hydroxylation is 1. The summed E-state index contributed by atoms with van der Waals surface area (Å²) in [4.78, 5) is 14.6. The molecule has 0 aliphatic heterocycles. The van der Waals surface area contributed by atoms with Crippen LogP contribution in [0.3, 0.4) is 0 Å². The zero-order chi connectivity index (χ0) is 16.3. The van der Waals surface area contributed by atoms with E-state index in [9.17, 15) is 4.79 Å². The molecule has 0 saturated heterocycles. The van der Waals surface area contributed by atoms with Gasteiger partial charge in [0, 0.05) is 35.6 Å². The molecule has 0 aliphatic carbocycles. The molecule has 0 N–H and O–H groups in total. The van der Waals surface area contributed by atoms with Crippen molar-refractivity contribution in [2.75, 3.05) is 26.8 Å². The summed E-state index contributed by atoms with van der Waals surface area (Å²) in [6, 6.07) is 5.77. The highest BCUT2D eigenvalue weighted by Crippen LogP contribution is 2.29. The number of hydrogen-bond acceptors (Lipinski definition) is 3. The van der Waals surface area contributed by atoms with Crippen LogP contribution in [-0.4, -0.2) is 37.6 Å². The van der Waals surface area contributed by atoms with E-state index in [1.807, 2.05) is 25.1 Å². The summed E-state index contributed by atoms with van der Waals surface area (Å²) in [5, 5.41) is 0.967. The van der Waals surface area contributed by atoms with Gasteiger partial charge >= 0.3 is 0 Å². The molecule has 0 saturated carbocycles. The van der Waals surface area contributed by atoms with E-state index in [0.29, 0.717) is 31.4 Å². The Labute approximate surface area is 139 Å². The highest BCUT2D eigenvalue weighted by Gasteiger charge is 2.23. The first-order chi connectivity index (χ1) is 10.4. The molecule has 22 heavy (non-hydrogen) atoms. The van der Waals surface area contributed by atoms with E-state index in [1.165, 1.54) is 0 Å². The lowest BCUT2D eigenvalue weighted by Gasteiger charge is -2.23. The molecule has 0 aliphatic rings. The summed E-state index contributed by atoms with van der Waals surface area (Å²) < 4.78 is 11.9. The molecule has 0 fully saturated rings. The van der Waals surface area contributed by atoms with Crippen LogP contribution in [0.1, 0.15) is 30.0 Å². The number of ether oxygens (including phenoxy) is 1. The molecule has 0 unspecified atom stereocenters. The standard InChI is InChI=1S/C17H22BrNO3/c1-11(2)10-19(7-8-21-4)17(20)16-12(3)14-9-13(18)5-6-15(14)22-16/h5-6,9,11H,7-8,10H2,1-4H3. The Hall–Kier alpha value is -1.33. The van der Waals surface area contributed by atoms with Gasteiger partial charge in [0.1, 0.15) is 5.58 Å². The fourth-order valence-corrected chi connectivity index (χ4v) is 2.82. The largest absolute Gasteiger partial charge is 0.451 e. The average molecular weight is 368 g/mol. The summed E-state index contributed by atoms with van der Waals surface area (Å²) in [6.07, 6.45) is 0. The van der Waals surface area contributed by atoms with Gasteiger partial charge in [-0.2, -0.15) is 0 Å². The molecule has 4 nitrogen and oxygen atoms in total. The molecule has 0 radical (unpaired) electrons. The Morgan fingerprint density at radius 1 is 1.41 bits per heavy atom. The van der Waals surface area contributed by atoms with Crippen LogP contribution in [0.15, 0.2) is 27.1 Å². The average Bonchev–Trinajstić information content (AvgIpc) is 2.79. The fraction of sp³-hybridized carbons (Fsp3) is 0.471. The van der Waals surface area contributed by atoms with E-state index in [0.717, 1.165) is 21.0 Å². The summed E-state index contributed by atoms with van der Waals surface area (Å²) in [6.45, 7) is 7.88. The number of rotatable bonds is 6. The number of halogens is 1. The minimum atomic E-state index is -0.0735. The van der Waals surface area contributed by atoms with Crippen molar-refractivity contribution in [3.05, 3.63) is 34.0 Å². The van der Waals surface area contributed by atoms with Gasteiger partial charge in [-0.1, -0.05) is 29.8 Å². The number of amides is 1. The molecule has 0 bridgehead atoms. The summed E-state index contributed by atoms with van der Waals surface area (Å²) in [5.41, 5.74) is 1.62. The lowest BCUT2D eigenvalue weighted by molar-refractivity contribution is 0.0643. The number of carbonyl (C=O) groups is 1. The second kappa shape index (κ2) is 7.29. The molecule has 0 atom stereocenters. The van der Waals surface area contributed by atoms with Gasteiger partial charge in [0.2, 0.25) is 0 Å². The molecule has 2 rings (SSSR count). The molecular weight excluding hydrogens is 346 g/mol. The van der Waals surface area contributed by atoms with Gasteiger partial charge < -0.3 is 14.1 Å². The number of carbonyl (C=O) groups excluding carboxylic acids is 1. The molecule has 1 heterocycles. The van der Waals surface area contributed by atoms with Crippen LogP contribution in [0.2, 0.25) is 0 Å². The van der Waals surface area contributed by atoms with E-state index in [-0.39, 0.29) is 5.91 Å². The first-order valence-corrected chi connectivity index (χ1v) is 8.20. The van der Waals surface area contributed by atoms with Crippen molar-refractivity contribution in [2.24, 2.45) is 5.92 Å². The third-order valence-electron chi connectivity index (χ3n) is 3.53. The highest BCUT2D eigenvalue weighted by atomic mass is 79.9. The van der Waals surface area contributed by atoms with Gasteiger partial charge in [0.15, 0.2) is 5.76 Å². The lowest BCUT2D eigenvalue weighted by atomic mass is 10.1. The highest BCUT2D eigenvalue weighted by molar-refractivity contribution is 9.10. The van der Waals surface area contributed by atoms with Crippen LogP contribution < -0.4 is 0 Å². The van der Waals surface area contributed by atoms with E-state index in [1.54, 1.807) is 12.0 Å². The monoisotopic (exact) mass is 367 g/mol. The van der Waals surface area contributed by atoms with Gasteiger partial charge in [-0.15, -0.1) is 0 Å². The molecule has 1 aromatic carbocycles. The van der Waals surface area contributed by atoms with Gasteiger partial charge in [-0.05, 0) is 31.0 Å². The fourth-order valence-electron chi connectivity index (χ4n) is 2.46. The van der Waals surface area contributed by atoms with Crippen LogP contribution in [0.4, 0.5) is 0 Å². The lowest BCUT2D eigenvalue weighted by Crippen LogP contribution is -2.36. The zero-order valence-electron chi connectivity index (χ0n) is 13.5. The van der Waals surface area contributed by atoms with Crippen LogP contribution in [0.5, 0.6) is 0 Å². The van der Waals surface area contributed by atoms with Gasteiger partial charge in [0.25, 0.3) is 5.91 Å². The van der Waals surface area contributed by atoms with E-state index in [2.05, 4.69) is 29.8 Å². The second-order valence-corrected chi connectivity index (χ2v) is 6.75. The third-order valence-corrected chi connectivity index (χ3v) is 4.02. The number of hydrogen-bond donors (Lipinski definition) is 0. The molecular formula is C17H22BrNO3. The van der Waals surface area contributed by atoms with Crippen LogP contribution >= 0.6 is 15.9 Å². The van der Waals surface area contributed by atoms with Crippen molar-refractivity contribution in [3.8, 4) is 0 Å².